The molecule has 3 rings (SSSR count). The molecule has 126 valence electrons. The van der Waals surface area contributed by atoms with Gasteiger partial charge in [-0.05, 0) is 51.0 Å². The second-order valence-electron chi connectivity index (χ2n) is 6.19. The molecule has 0 spiro atoms. The van der Waals surface area contributed by atoms with Gasteiger partial charge in [-0.2, -0.15) is 14.7 Å². The summed E-state index contributed by atoms with van der Waals surface area (Å²) in [4.78, 5) is 0.229. The highest BCUT2D eigenvalue weighted by Gasteiger charge is 2.38. The second-order valence-corrected chi connectivity index (χ2v) is 8.08. The van der Waals surface area contributed by atoms with Crippen LogP contribution in [0.2, 0.25) is 0 Å². The average Bonchev–Trinajstić information content (AvgIpc) is 3.35. The Morgan fingerprint density at radius 3 is 2.38 bits per heavy atom. The van der Waals surface area contributed by atoms with E-state index in [0.29, 0.717) is 12.1 Å². The topological polar surface area (TPSA) is 79.0 Å². The maximum absolute atomic E-state index is 13.1. The Balaban J connectivity index is 1.96. The highest BCUT2D eigenvalue weighted by Crippen LogP contribution is 2.34. The smallest absolute Gasteiger partial charge is 0.243 e. The molecule has 0 amide bonds. The third-order valence-electron chi connectivity index (χ3n) is 4.52. The number of aryl methyl sites for hydroxylation is 2. The van der Waals surface area contributed by atoms with Crippen LogP contribution >= 0.6 is 0 Å². The normalized spacial score (nSPS) is 14.8. The monoisotopic (exact) mass is 344 g/mol. The first kappa shape index (κ1) is 16.7. The molecule has 6 nitrogen and oxygen atoms in total. The molecule has 1 aromatic carbocycles. The van der Waals surface area contributed by atoms with Crippen LogP contribution in [0, 0.1) is 25.2 Å². The summed E-state index contributed by atoms with van der Waals surface area (Å²) in [5.41, 5.74) is 3.25. The summed E-state index contributed by atoms with van der Waals surface area (Å²) >= 11 is 0. The van der Waals surface area contributed by atoms with Gasteiger partial charge in [0.05, 0.1) is 22.2 Å². The molecular formula is C17H20N4O2S. The highest BCUT2D eigenvalue weighted by atomic mass is 32.2. The van der Waals surface area contributed by atoms with Gasteiger partial charge in [-0.3, -0.25) is 4.68 Å². The molecule has 0 saturated heterocycles. The third kappa shape index (κ3) is 2.95. The Hall–Kier alpha value is -2.17. The van der Waals surface area contributed by atoms with Crippen LogP contribution in [0.25, 0.3) is 0 Å². The summed E-state index contributed by atoms with van der Waals surface area (Å²) in [7, 11) is -1.73. The fraction of sp³-hybridized carbons (Fsp3) is 0.412. The van der Waals surface area contributed by atoms with E-state index >= 15 is 0 Å². The molecule has 0 unspecified atom stereocenters. The lowest BCUT2D eigenvalue weighted by Crippen LogP contribution is -2.33. The zero-order valence-electron chi connectivity index (χ0n) is 14.0. The minimum atomic E-state index is -3.60. The quantitative estimate of drug-likeness (QED) is 0.833. The van der Waals surface area contributed by atoms with Crippen LogP contribution in [-0.4, -0.2) is 28.5 Å². The van der Waals surface area contributed by atoms with E-state index in [9.17, 15) is 8.42 Å². The van der Waals surface area contributed by atoms with Gasteiger partial charge < -0.3 is 0 Å². The summed E-state index contributed by atoms with van der Waals surface area (Å²) in [5.74, 6) is 0. The lowest BCUT2D eigenvalue weighted by molar-refractivity contribution is 0.397. The van der Waals surface area contributed by atoms with Crippen LogP contribution in [0.3, 0.4) is 0 Å². The number of nitrogens with zero attached hydrogens (tertiary/aromatic N) is 4. The van der Waals surface area contributed by atoms with Crippen molar-refractivity contribution in [2.75, 3.05) is 0 Å². The van der Waals surface area contributed by atoms with Gasteiger partial charge in [0.25, 0.3) is 0 Å². The van der Waals surface area contributed by atoms with Crippen molar-refractivity contribution >= 4 is 10.0 Å². The molecule has 1 aliphatic rings. The van der Waals surface area contributed by atoms with Crippen molar-refractivity contribution in [1.82, 2.24) is 14.1 Å². The van der Waals surface area contributed by atoms with E-state index in [4.69, 9.17) is 5.26 Å². The minimum Gasteiger partial charge on any atom is -0.272 e. The Kier molecular flexibility index (Phi) is 4.20. The molecular weight excluding hydrogens is 324 g/mol. The number of hydrogen-bond acceptors (Lipinski definition) is 4. The van der Waals surface area contributed by atoms with Crippen LogP contribution in [0.4, 0.5) is 0 Å². The average molecular weight is 344 g/mol. The van der Waals surface area contributed by atoms with Crippen molar-refractivity contribution in [3.05, 3.63) is 46.8 Å². The van der Waals surface area contributed by atoms with Gasteiger partial charge in [0.1, 0.15) is 0 Å². The lowest BCUT2D eigenvalue weighted by atomic mass is 10.2. The fourth-order valence-corrected chi connectivity index (χ4v) is 4.47. The zero-order chi connectivity index (χ0) is 17.5. The number of hydrogen-bond donors (Lipinski definition) is 0. The van der Waals surface area contributed by atoms with Crippen LogP contribution in [0.1, 0.15) is 35.4 Å². The molecule has 2 aromatic rings. The molecule has 0 bridgehead atoms. The predicted molar refractivity (Wildman–Crippen MR) is 89.6 cm³/mol. The van der Waals surface area contributed by atoms with E-state index in [-0.39, 0.29) is 10.9 Å². The first-order valence-electron chi connectivity index (χ1n) is 7.85. The number of sulfonamides is 1. The standard InChI is InChI=1S/C17H20N4O2S/c1-12-17(13(2)20(3)19-12)11-21(15-6-7-15)24(22,23)16-8-4-14(10-18)5-9-16/h4-5,8-9,15H,6-7,11H2,1-3H3. The molecule has 24 heavy (non-hydrogen) atoms. The van der Waals surface area contributed by atoms with Crippen molar-refractivity contribution in [2.45, 2.75) is 44.2 Å². The second kappa shape index (κ2) is 6.04. The predicted octanol–water partition coefficient (Wildman–Crippen LogP) is 2.26. The zero-order valence-corrected chi connectivity index (χ0v) is 14.8. The molecule has 0 radical (unpaired) electrons. The first-order chi connectivity index (χ1) is 11.3. The summed E-state index contributed by atoms with van der Waals surface area (Å²) in [5, 5.41) is 13.3. The number of aromatic nitrogens is 2. The van der Waals surface area contributed by atoms with Crippen LogP contribution in [-0.2, 0) is 23.6 Å². The third-order valence-corrected chi connectivity index (χ3v) is 6.43. The van der Waals surface area contributed by atoms with Gasteiger partial charge >= 0.3 is 0 Å². The number of benzene rings is 1. The van der Waals surface area contributed by atoms with Gasteiger partial charge in [0, 0.05) is 30.9 Å². The van der Waals surface area contributed by atoms with E-state index in [2.05, 4.69) is 5.10 Å². The van der Waals surface area contributed by atoms with Crippen molar-refractivity contribution in [3.63, 3.8) is 0 Å². The largest absolute Gasteiger partial charge is 0.272 e. The molecule has 1 aromatic heterocycles. The van der Waals surface area contributed by atoms with E-state index in [1.54, 1.807) is 21.1 Å². The van der Waals surface area contributed by atoms with Gasteiger partial charge in [0.15, 0.2) is 0 Å². The Bertz CT molecular complexity index is 903. The maximum Gasteiger partial charge on any atom is 0.243 e. The SMILES string of the molecule is Cc1nn(C)c(C)c1CN(C1CC1)S(=O)(=O)c1ccc(C#N)cc1. The highest BCUT2D eigenvalue weighted by molar-refractivity contribution is 7.89. The molecule has 1 saturated carbocycles. The van der Waals surface area contributed by atoms with Crippen molar-refractivity contribution < 1.29 is 8.42 Å². The van der Waals surface area contributed by atoms with Gasteiger partial charge in [-0.25, -0.2) is 8.42 Å². The van der Waals surface area contributed by atoms with Crippen LogP contribution in [0.15, 0.2) is 29.2 Å². The molecule has 1 fully saturated rings. The minimum absolute atomic E-state index is 0.0460. The first-order valence-corrected chi connectivity index (χ1v) is 9.29. The molecule has 1 heterocycles. The van der Waals surface area contributed by atoms with Crippen LogP contribution in [0.5, 0.6) is 0 Å². The number of rotatable bonds is 5. The molecule has 0 N–H and O–H groups in total. The summed E-state index contributed by atoms with van der Waals surface area (Å²) < 4.78 is 29.5. The van der Waals surface area contributed by atoms with Crippen molar-refractivity contribution in [1.29, 1.82) is 5.26 Å². The molecule has 0 atom stereocenters. The van der Waals surface area contributed by atoms with E-state index in [0.717, 1.165) is 29.8 Å². The van der Waals surface area contributed by atoms with E-state index in [1.807, 2.05) is 27.0 Å². The van der Waals surface area contributed by atoms with Gasteiger partial charge in [-0.15, -0.1) is 0 Å². The fourth-order valence-electron chi connectivity index (χ4n) is 2.81. The van der Waals surface area contributed by atoms with Gasteiger partial charge in [-0.1, -0.05) is 0 Å². The van der Waals surface area contributed by atoms with Crippen LogP contribution < -0.4 is 0 Å². The number of nitriles is 1. The van der Waals surface area contributed by atoms with Crippen molar-refractivity contribution in [2.24, 2.45) is 7.05 Å². The molecule has 7 heteroatoms. The van der Waals surface area contributed by atoms with E-state index < -0.39 is 10.0 Å². The summed E-state index contributed by atoms with van der Waals surface area (Å²) in [6.07, 6.45) is 1.77. The van der Waals surface area contributed by atoms with Gasteiger partial charge in [0.2, 0.25) is 10.0 Å². The maximum atomic E-state index is 13.1. The van der Waals surface area contributed by atoms with Crippen molar-refractivity contribution in [3.8, 4) is 6.07 Å². The Labute approximate surface area is 142 Å². The Morgan fingerprint density at radius 2 is 1.92 bits per heavy atom. The Morgan fingerprint density at radius 1 is 1.29 bits per heavy atom. The summed E-state index contributed by atoms with van der Waals surface area (Å²) in [6, 6.07) is 8.15. The molecule has 1 aliphatic carbocycles. The lowest BCUT2D eigenvalue weighted by Gasteiger charge is -2.22. The summed E-state index contributed by atoms with van der Waals surface area (Å²) in [6.45, 7) is 4.19. The van der Waals surface area contributed by atoms with E-state index in [1.165, 1.54) is 12.1 Å². The molecule has 0 aliphatic heterocycles.